The first-order valence-corrected chi connectivity index (χ1v) is 20.2. The summed E-state index contributed by atoms with van der Waals surface area (Å²) >= 11 is 3.06. The van der Waals surface area contributed by atoms with Crippen molar-refractivity contribution < 1.29 is 57.9 Å². The third-order valence-corrected chi connectivity index (χ3v) is 8.38. The Morgan fingerprint density at radius 3 is 1.36 bits per heavy atom. The monoisotopic (exact) mass is 824 g/mol. The van der Waals surface area contributed by atoms with Gasteiger partial charge < -0.3 is 50.4 Å². The number of alkyl halides is 1. The van der Waals surface area contributed by atoms with E-state index in [1.165, 1.54) is 0 Å². The first-order valence-electron chi connectivity index (χ1n) is 19.1. The molecule has 4 amide bonds. The molecule has 0 bridgehead atoms. The van der Waals surface area contributed by atoms with Gasteiger partial charge >= 0.3 is 11.9 Å². The van der Waals surface area contributed by atoms with Gasteiger partial charge in [-0.25, -0.2) is 4.79 Å². The molecule has 17 heteroatoms. The second-order valence-corrected chi connectivity index (χ2v) is 13.1. The first kappa shape index (κ1) is 50.1. The zero-order valence-electron chi connectivity index (χ0n) is 31.4. The number of carbonyl (C=O) groups excluding carboxylic acids is 4. The highest BCUT2D eigenvalue weighted by atomic mass is 79.9. The molecule has 0 aromatic heterocycles. The van der Waals surface area contributed by atoms with Crippen LogP contribution in [0.2, 0.25) is 0 Å². The molecule has 0 aromatic rings. The van der Waals surface area contributed by atoms with Crippen molar-refractivity contribution in [3.8, 4) is 0 Å². The minimum Gasteiger partial charge on any atom is -0.481 e. The van der Waals surface area contributed by atoms with Crippen LogP contribution in [0.15, 0.2) is 0 Å². The van der Waals surface area contributed by atoms with Gasteiger partial charge in [-0.2, -0.15) is 0 Å². The van der Waals surface area contributed by atoms with Crippen molar-refractivity contribution in [1.82, 2.24) is 21.3 Å². The van der Waals surface area contributed by atoms with E-state index >= 15 is 0 Å². The van der Waals surface area contributed by atoms with Crippen molar-refractivity contribution in [2.75, 3.05) is 77.8 Å². The number of rotatable bonds is 39. The lowest BCUT2D eigenvalue weighted by Crippen LogP contribution is -2.40. The van der Waals surface area contributed by atoms with Crippen LogP contribution in [0.4, 0.5) is 0 Å². The van der Waals surface area contributed by atoms with E-state index in [-0.39, 0.29) is 67.9 Å². The van der Waals surface area contributed by atoms with Crippen molar-refractivity contribution in [2.45, 2.75) is 115 Å². The number of hydrogen-bond donors (Lipinski definition) is 6. The summed E-state index contributed by atoms with van der Waals surface area (Å²) in [6.07, 6.45) is 12.3. The van der Waals surface area contributed by atoms with Crippen LogP contribution in [-0.2, 0) is 47.7 Å². The van der Waals surface area contributed by atoms with Crippen molar-refractivity contribution in [1.29, 1.82) is 0 Å². The van der Waals surface area contributed by atoms with Gasteiger partial charge in [0.1, 0.15) is 6.04 Å². The van der Waals surface area contributed by atoms with Gasteiger partial charge in [-0.15, -0.1) is 0 Å². The van der Waals surface area contributed by atoms with Gasteiger partial charge in [0.05, 0.1) is 58.2 Å². The topological polar surface area (TPSA) is 228 Å². The van der Waals surface area contributed by atoms with E-state index in [4.69, 9.17) is 24.1 Å². The Balaban J connectivity index is 3.60. The number of halogens is 1. The van der Waals surface area contributed by atoms with Crippen LogP contribution in [0.1, 0.15) is 109 Å². The number of carboxylic acid groups (broad SMARTS) is 2. The van der Waals surface area contributed by atoms with Crippen molar-refractivity contribution in [3.63, 3.8) is 0 Å². The highest BCUT2D eigenvalue weighted by Gasteiger charge is 2.19. The Bertz CT molecular complexity index is 992. The summed E-state index contributed by atoms with van der Waals surface area (Å²) < 4.78 is 21.5. The minimum atomic E-state index is -1.07. The van der Waals surface area contributed by atoms with Crippen LogP contribution in [-0.4, -0.2) is 130 Å². The molecule has 0 rings (SSSR count). The summed E-state index contributed by atoms with van der Waals surface area (Å²) in [5.74, 6) is -2.48. The van der Waals surface area contributed by atoms with Gasteiger partial charge in [-0.3, -0.25) is 24.0 Å². The van der Waals surface area contributed by atoms with Crippen LogP contribution in [0, 0.1) is 0 Å². The molecule has 308 valence electrons. The molecule has 0 saturated heterocycles. The van der Waals surface area contributed by atoms with Gasteiger partial charge in [0.25, 0.3) is 0 Å². The first-order chi connectivity index (χ1) is 25.6. The Morgan fingerprint density at radius 2 is 0.887 bits per heavy atom. The number of carbonyl (C=O) groups is 6. The summed E-state index contributed by atoms with van der Waals surface area (Å²) in [7, 11) is 0. The van der Waals surface area contributed by atoms with Gasteiger partial charge in [0.15, 0.2) is 0 Å². The molecule has 16 nitrogen and oxygen atoms in total. The lowest BCUT2D eigenvalue weighted by atomic mass is 10.0. The quantitative estimate of drug-likeness (QED) is 0.0389. The van der Waals surface area contributed by atoms with E-state index in [0.29, 0.717) is 78.5 Å². The standard InChI is InChI=1S/C36H65BrN4O12/c37-29-34(45)40-20-24-53-28-26-51-22-17-32(43)39-19-23-52-27-25-50-21-16-31(42)38-18-12-11-13-30(36(48)49)41-33(44)14-9-7-5-3-1-2-4-6-8-10-15-35(46)47/h30H,1-29H2,(H,38,42)(H,39,43)(H,40,45)(H,41,44)(H,46,47)(H,48,49). The highest BCUT2D eigenvalue weighted by Crippen LogP contribution is 2.12. The van der Waals surface area contributed by atoms with E-state index in [9.17, 15) is 33.9 Å². The molecule has 1 atom stereocenters. The molecular formula is C36H65BrN4O12. The molecule has 53 heavy (non-hydrogen) atoms. The average molecular weight is 826 g/mol. The lowest BCUT2D eigenvalue weighted by molar-refractivity contribution is -0.142. The fourth-order valence-electron chi connectivity index (χ4n) is 4.92. The number of aliphatic carboxylic acids is 2. The molecule has 0 spiro atoms. The largest absolute Gasteiger partial charge is 0.481 e. The lowest BCUT2D eigenvalue weighted by Gasteiger charge is -2.14. The van der Waals surface area contributed by atoms with Gasteiger partial charge in [-0.1, -0.05) is 67.3 Å². The minimum absolute atomic E-state index is 0.101. The number of amides is 4. The van der Waals surface area contributed by atoms with Crippen LogP contribution >= 0.6 is 15.9 Å². The van der Waals surface area contributed by atoms with E-state index < -0.39 is 18.0 Å². The van der Waals surface area contributed by atoms with E-state index in [0.717, 1.165) is 64.2 Å². The Morgan fingerprint density at radius 1 is 0.453 bits per heavy atom. The number of ether oxygens (including phenoxy) is 4. The van der Waals surface area contributed by atoms with Crippen molar-refractivity contribution in [2.24, 2.45) is 0 Å². The van der Waals surface area contributed by atoms with Crippen LogP contribution in [0.25, 0.3) is 0 Å². The maximum absolute atomic E-state index is 12.3. The molecule has 0 aliphatic heterocycles. The zero-order chi connectivity index (χ0) is 39.2. The number of hydrogen-bond acceptors (Lipinski definition) is 10. The molecular weight excluding hydrogens is 760 g/mol. The number of carboxylic acids is 2. The summed E-state index contributed by atoms with van der Waals surface area (Å²) in [6.45, 7) is 3.76. The van der Waals surface area contributed by atoms with Crippen LogP contribution in [0.3, 0.4) is 0 Å². The smallest absolute Gasteiger partial charge is 0.326 e. The third kappa shape index (κ3) is 37.3. The molecule has 0 aliphatic rings. The SMILES string of the molecule is O=C(O)CCCCCCCCCCCCC(=O)NC(CCCCNC(=O)CCOCCOCCNC(=O)CCOCCOCCNC(=O)CBr)C(=O)O. The third-order valence-electron chi connectivity index (χ3n) is 7.87. The highest BCUT2D eigenvalue weighted by molar-refractivity contribution is 9.09. The maximum atomic E-state index is 12.3. The Hall–Kier alpha value is -2.86. The fraction of sp³-hybridized carbons (Fsp3) is 0.833. The molecule has 0 fully saturated rings. The predicted octanol–water partition coefficient (Wildman–Crippen LogP) is 3.08. The molecule has 0 saturated carbocycles. The number of unbranched alkanes of at least 4 members (excludes halogenated alkanes) is 10. The molecule has 0 aliphatic carbocycles. The van der Waals surface area contributed by atoms with E-state index in [1.807, 2.05) is 0 Å². The predicted molar refractivity (Wildman–Crippen MR) is 202 cm³/mol. The molecule has 6 N–H and O–H groups in total. The normalized spacial score (nSPS) is 11.5. The van der Waals surface area contributed by atoms with Gasteiger partial charge in [0, 0.05) is 45.3 Å². The molecule has 1 unspecified atom stereocenters. The maximum Gasteiger partial charge on any atom is 0.326 e. The summed E-state index contributed by atoms with van der Waals surface area (Å²) in [5, 5.41) is 29.2. The summed E-state index contributed by atoms with van der Waals surface area (Å²) in [5.41, 5.74) is 0. The number of nitrogens with one attached hydrogen (secondary N) is 4. The second kappa shape index (κ2) is 37.5. The Labute approximate surface area is 323 Å². The van der Waals surface area contributed by atoms with Crippen molar-refractivity contribution in [3.05, 3.63) is 0 Å². The Kier molecular flexibility index (Phi) is 35.4. The molecule has 0 radical (unpaired) electrons. The molecule has 0 aromatic carbocycles. The van der Waals surface area contributed by atoms with Crippen LogP contribution in [0.5, 0.6) is 0 Å². The van der Waals surface area contributed by atoms with Crippen LogP contribution < -0.4 is 21.3 Å². The van der Waals surface area contributed by atoms with Crippen molar-refractivity contribution >= 4 is 51.5 Å². The summed E-state index contributed by atoms with van der Waals surface area (Å²) in [6, 6.07) is -0.949. The fourth-order valence-corrected chi connectivity index (χ4v) is 5.12. The zero-order valence-corrected chi connectivity index (χ0v) is 33.0. The van der Waals surface area contributed by atoms with E-state index in [1.54, 1.807) is 0 Å². The van der Waals surface area contributed by atoms with E-state index in [2.05, 4.69) is 37.2 Å². The molecule has 0 heterocycles. The second-order valence-electron chi connectivity index (χ2n) is 12.5. The van der Waals surface area contributed by atoms with Gasteiger partial charge in [0.2, 0.25) is 23.6 Å². The van der Waals surface area contributed by atoms with Gasteiger partial charge in [-0.05, 0) is 32.1 Å². The average Bonchev–Trinajstić information content (AvgIpc) is 3.12. The summed E-state index contributed by atoms with van der Waals surface area (Å²) in [4.78, 5) is 69.3.